The number of nitro benzene ring substituents is 1. The summed E-state index contributed by atoms with van der Waals surface area (Å²) in [5.74, 6) is 1.07. The zero-order chi connectivity index (χ0) is 20.3. The second kappa shape index (κ2) is 6.10. The summed E-state index contributed by atoms with van der Waals surface area (Å²) >= 11 is 0. The highest BCUT2D eigenvalue weighted by molar-refractivity contribution is 6.26. The van der Waals surface area contributed by atoms with Crippen molar-refractivity contribution in [2.45, 2.75) is 19.3 Å². The molecule has 144 valence electrons. The number of carbonyl (C=O) groups excluding carboxylic acids is 2. The first-order chi connectivity index (χ1) is 14.0. The Kier molecular flexibility index (Phi) is 3.64. The van der Waals surface area contributed by atoms with E-state index in [0.29, 0.717) is 17.6 Å². The number of hydrazone groups is 1. The summed E-state index contributed by atoms with van der Waals surface area (Å²) in [7, 11) is 0. The molecule has 8 heteroatoms. The number of rotatable bonds is 4. The number of nitrogens with zero attached hydrogens (tertiary/aromatic N) is 3. The first-order valence-electron chi connectivity index (χ1n) is 9.18. The molecule has 1 fully saturated rings. The molecule has 2 aromatic carbocycles. The number of benzene rings is 2. The van der Waals surface area contributed by atoms with Crippen molar-refractivity contribution in [3.05, 3.63) is 75.2 Å². The van der Waals surface area contributed by atoms with Crippen LogP contribution < -0.4 is 0 Å². The highest BCUT2D eigenvalue weighted by Crippen LogP contribution is 2.47. The Hall–Kier alpha value is -3.81. The molecule has 1 aliphatic heterocycles. The van der Waals surface area contributed by atoms with Gasteiger partial charge in [-0.1, -0.05) is 13.0 Å². The van der Waals surface area contributed by atoms with E-state index in [9.17, 15) is 19.7 Å². The molecule has 2 heterocycles. The maximum atomic E-state index is 12.9. The van der Waals surface area contributed by atoms with E-state index in [2.05, 4.69) is 12.0 Å². The number of non-ortho nitro benzene ring substituents is 1. The van der Waals surface area contributed by atoms with Gasteiger partial charge in [-0.3, -0.25) is 19.7 Å². The molecule has 0 radical (unpaired) electrons. The number of carbonyl (C=O) groups is 2. The van der Waals surface area contributed by atoms with E-state index in [0.717, 1.165) is 17.2 Å². The van der Waals surface area contributed by atoms with Gasteiger partial charge in [0.25, 0.3) is 17.5 Å². The summed E-state index contributed by atoms with van der Waals surface area (Å²) < 4.78 is 5.74. The summed E-state index contributed by atoms with van der Waals surface area (Å²) in [6, 6.07) is 10.9. The lowest BCUT2D eigenvalue weighted by Crippen LogP contribution is -2.36. The van der Waals surface area contributed by atoms with Gasteiger partial charge in [0.05, 0.1) is 27.7 Å². The molecular weight excluding hydrogens is 374 g/mol. The Bertz CT molecular complexity index is 1220. The molecule has 0 N–H and O–H groups in total. The Morgan fingerprint density at radius 3 is 2.55 bits per heavy atom. The smallest absolute Gasteiger partial charge is 0.282 e. The van der Waals surface area contributed by atoms with Crippen molar-refractivity contribution in [1.29, 1.82) is 0 Å². The Morgan fingerprint density at radius 2 is 1.86 bits per heavy atom. The zero-order valence-corrected chi connectivity index (χ0v) is 15.4. The molecule has 2 amide bonds. The third kappa shape index (κ3) is 2.64. The fourth-order valence-electron chi connectivity index (χ4n) is 3.80. The van der Waals surface area contributed by atoms with Crippen LogP contribution in [0.25, 0.3) is 10.8 Å². The van der Waals surface area contributed by atoms with Gasteiger partial charge in [-0.15, -0.1) is 0 Å². The number of hydrogen-bond acceptors (Lipinski definition) is 6. The first kappa shape index (κ1) is 17.3. The van der Waals surface area contributed by atoms with E-state index >= 15 is 0 Å². The zero-order valence-electron chi connectivity index (χ0n) is 15.4. The van der Waals surface area contributed by atoms with Crippen LogP contribution in [0.1, 0.15) is 51.5 Å². The molecule has 5 rings (SSSR count). The van der Waals surface area contributed by atoms with Crippen LogP contribution >= 0.6 is 0 Å². The third-order valence-corrected chi connectivity index (χ3v) is 5.48. The van der Waals surface area contributed by atoms with Crippen molar-refractivity contribution in [2.75, 3.05) is 0 Å². The minimum Gasteiger partial charge on any atom is -0.460 e. The highest BCUT2D eigenvalue weighted by Gasteiger charge is 2.37. The molecule has 2 aliphatic rings. The SMILES string of the molecule is C[C@@H]1C[C@H]1c1ccc(/C=N\N2C(=O)c3cccc4c([N+](=O)[O-])ccc(c34)C2=O)o1. The van der Waals surface area contributed by atoms with Gasteiger partial charge in [-0.05, 0) is 42.7 Å². The second-order valence-electron chi connectivity index (χ2n) is 7.34. The average Bonchev–Trinajstić information content (AvgIpc) is 3.25. The van der Waals surface area contributed by atoms with Gasteiger partial charge >= 0.3 is 0 Å². The Balaban J connectivity index is 1.52. The predicted molar refractivity (Wildman–Crippen MR) is 104 cm³/mol. The van der Waals surface area contributed by atoms with Crippen LogP contribution in [0.4, 0.5) is 5.69 Å². The summed E-state index contributed by atoms with van der Waals surface area (Å²) in [6.45, 7) is 2.15. The van der Waals surface area contributed by atoms with Crippen LogP contribution in [-0.4, -0.2) is 28.0 Å². The van der Waals surface area contributed by atoms with Gasteiger partial charge in [0.15, 0.2) is 0 Å². The minimum atomic E-state index is -0.632. The van der Waals surface area contributed by atoms with Crippen LogP contribution in [0.2, 0.25) is 0 Å². The maximum Gasteiger partial charge on any atom is 0.282 e. The molecule has 1 aromatic heterocycles. The molecular formula is C21H15N3O5. The molecule has 3 aromatic rings. The fraction of sp³-hybridized carbons (Fsp3) is 0.190. The molecule has 0 bridgehead atoms. The summed E-state index contributed by atoms with van der Waals surface area (Å²) in [5, 5.41) is 16.7. The highest BCUT2D eigenvalue weighted by atomic mass is 16.6. The molecule has 0 unspecified atom stereocenters. The van der Waals surface area contributed by atoms with Gasteiger partial charge in [0.1, 0.15) is 11.5 Å². The van der Waals surface area contributed by atoms with E-state index in [-0.39, 0.29) is 27.6 Å². The lowest BCUT2D eigenvalue weighted by molar-refractivity contribution is -0.383. The summed E-state index contributed by atoms with van der Waals surface area (Å²) in [4.78, 5) is 36.5. The van der Waals surface area contributed by atoms with E-state index < -0.39 is 16.7 Å². The van der Waals surface area contributed by atoms with E-state index in [1.54, 1.807) is 12.1 Å². The quantitative estimate of drug-likeness (QED) is 0.289. The molecule has 8 nitrogen and oxygen atoms in total. The van der Waals surface area contributed by atoms with E-state index in [1.165, 1.54) is 30.5 Å². The molecule has 1 saturated carbocycles. The number of amides is 2. The third-order valence-electron chi connectivity index (χ3n) is 5.48. The van der Waals surface area contributed by atoms with Crippen molar-refractivity contribution in [3.63, 3.8) is 0 Å². The number of nitro groups is 1. The van der Waals surface area contributed by atoms with Crippen LogP contribution in [-0.2, 0) is 0 Å². The normalized spacial score (nSPS) is 20.7. The lowest BCUT2D eigenvalue weighted by Gasteiger charge is -2.22. The van der Waals surface area contributed by atoms with Crippen molar-refractivity contribution in [3.8, 4) is 0 Å². The topological polar surface area (TPSA) is 106 Å². The monoisotopic (exact) mass is 389 g/mol. The average molecular weight is 389 g/mol. The lowest BCUT2D eigenvalue weighted by atomic mass is 9.94. The van der Waals surface area contributed by atoms with Gasteiger partial charge in [0.2, 0.25) is 0 Å². The molecule has 1 aliphatic carbocycles. The predicted octanol–water partition coefficient (Wildman–Crippen LogP) is 4.09. The summed E-state index contributed by atoms with van der Waals surface area (Å²) in [6.07, 6.45) is 2.42. The van der Waals surface area contributed by atoms with Crippen LogP contribution in [0.5, 0.6) is 0 Å². The maximum absolute atomic E-state index is 12.9. The van der Waals surface area contributed by atoms with Crippen molar-refractivity contribution < 1.29 is 18.9 Å². The Morgan fingerprint density at radius 1 is 1.14 bits per heavy atom. The largest absolute Gasteiger partial charge is 0.460 e. The van der Waals surface area contributed by atoms with E-state index in [1.807, 2.05) is 6.07 Å². The fourth-order valence-corrected chi connectivity index (χ4v) is 3.80. The minimum absolute atomic E-state index is 0.152. The standard InChI is InChI=1S/C21H15N3O5/c1-11-9-16(11)18-8-5-12(29-18)10-22-23-20(25)14-4-2-3-13-17(24(27)28)7-6-15(19(13)14)21(23)26/h2-8,10-11,16H,9H2,1H3/b22-10-/t11-,16-/m1/s1. The molecule has 0 spiro atoms. The summed E-state index contributed by atoms with van der Waals surface area (Å²) in [5.41, 5.74) is 0.246. The van der Waals surface area contributed by atoms with Crippen LogP contribution in [0.15, 0.2) is 52.0 Å². The number of imide groups is 1. The van der Waals surface area contributed by atoms with Crippen LogP contribution in [0, 0.1) is 16.0 Å². The van der Waals surface area contributed by atoms with Crippen molar-refractivity contribution in [1.82, 2.24) is 5.01 Å². The van der Waals surface area contributed by atoms with Gasteiger partial charge in [0, 0.05) is 17.4 Å². The molecule has 2 atom stereocenters. The number of hydrogen-bond donors (Lipinski definition) is 0. The first-order valence-corrected chi connectivity index (χ1v) is 9.18. The Labute approximate surface area is 164 Å². The second-order valence-corrected chi connectivity index (χ2v) is 7.34. The van der Waals surface area contributed by atoms with Crippen molar-refractivity contribution in [2.24, 2.45) is 11.0 Å². The van der Waals surface area contributed by atoms with Gasteiger partial charge < -0.3 is 4.42 Å². The van der Waals surface area contributed by atoms with E-state index in [4.69, 9.17) is 4.42 Å². The van der Waals surface area contributed by atoms with Gasteiger partial charge in [-0.25, -0.2) is 0 Å². The van der Waals surface area contributed by atoms with Gasteiger partial charge in [-0.2, -0.15) is 10.1 Å². The van der Waals surface area contributed by atoms with Crippen LogP contribution in [0.3, 0.4) is 0 Å². The number of furan rings is 1. The molecule has 29 heavy (non-hydrogen) atoms. The molecule has 0 saturated heterocycles. The van der Waals surface area contributed by atoms with Crippen molar-refractivity contribution >= 4 is 34.5 Å².